The molecule has 1 aliphatic heterocycles. The first kappa shape index (κ1) is 11.6. The Kier molecular flexibility index (Phi) is 3.96. The standard InChI is InChI=1S/C12H18N2OS/c1-9-7-13-8-11(9)12(15)14-5-4-10-3-2-6-16-10/h2-3,6,9,11,13H,4-5,7-8H2,1H3,(H,14,15)/t9-,11-/m1/s1. The van der Waals surface area contributed by atoms with Crippen molar-refractivity contribution in [3.63, 3.8) is 0 Å². The third-order valence-electron chi connectivity index (χ3n) is 3.10. The first-order chi connectivity index (χ1) is 7.77. The zero-order chi connectivity index (χ0) is 11.4. The third-order valence-corrected chi connectivity index (χ3v) is 4.04. The average molecular weight is 238 g/mol. The van der Waals surface area contributed by atoms with E-state index in [2.05, 4.69) is 29.0 Å². The number of carbonyl (C=O) groups is 1. The van der Waals surface area contributed by atoms with E-state index in [4.69, 9.17) is 0 Å². The molecule has 0 aliphatic carbocycles. The van der Waals surface area contributed by atoms with E-state index in [0.29, 0.717) is 5.92 Å². The minimum absolute atomic E-state index is 0.156. The number of carbonyl (C=O) groups excluding carboxylic acids is 1. The minimum atomic E-state index is 0.156. The second-order valence-electron chi connectivity index (χ2n) is 4.36. The summed E-state index contributed by atoms with van der Waals surface area (Å²) in [6, 6.07) is 4.15. The maximum atomic E-state index is 11.8. The molecule has 2 N–H and O–H groups in total. The molecule has 2 heterocycles. The average Bonchev–Trinajstić information content (AvgIpc) is 2.88. The highest BCUT2D eigenvalue weighted by molar-refractivity contribution is 7.09. The van der Waals surface area contributed by atoms with Crippen molar-refractivity contribution in [3.05, 3.63) is 22.4 Å². The Morgan fingerprint density at radius 1 is 1.62 bits per heavy atom. The van der Waals surface area contributed by atoms with Crippen LogP contribution in [0.4, 0.5) is 0 Å². The van der Waals surface area contributed by atoms with Crippen LogP contribution in [0, 0.1) is 11.8 Å². The topological polar surface area (TPSA) is 41.1 Å². The predicted molar refractivity (Wildman–Crippen MR) is 66.6 cm³/mol. The summed E-state index contributed by atoms with van der Waals surface area (Å²) in [6.07, 6.45) is 0.942. The fraction of sp³-hybridized carbons (Fsp3) is 0.583. The molecule has 0 spiro atoms. The SMILES string of the molecule is C[C@@H]1CNC[C@H]1C(=O)NCCc1cccs1. The van der Waals surface area contributed by atoms with E-state index >= 15 is 0 Å². The van der Waals surface area contributed by atoms with Gasteiger partial charge >= 0.3 is 0 Å². The Labute approximate surface area is 100 Å². The van der Waals surface area contributed by atoms with Crippen LogP contribution < -0.4 is 10.6 Å². The Bertz CT molecular complexity index is 337. The molecule has 0 saturated carbocycles. The van der Waals surface area contributed by atoms with Crippen molar-refractivity contribution in [1.29, 1.82) is 0 Å². The second-order valence-corrected chi connectivity index (χ2v) is 5.39. The van der Waals surface area contributed by atoms with Gasteiger partial charge in [0.1, 0.15) is 0 Å². The fourth-order valence-electron chi connectivity index (χ4n) is 2.06. The van der Waals surface area contributed by atoms with Crippen LogP contribution in [-0.4, -0.2) is 25.5 Å². The van der Waals surface area contributed by atoms with E-state index in [1.807, 2.05) is 6.07 Å². The van der Waals surface area contributed by atoms with Gasteiger partial charge in [-0.15, -0.1) is 11.3 Å². The van der Waals surface area contributed by atoms with Crippen molar-refractivity contribution in [3.8, 4) is 0 Å². The van der Waals surface area contributed by atoms with Crippen LogP contribution in [0.25, 0.3) is 0 Å². The van der Waals surface area contributed by atoms with Gasteiger partial charge in [-0.1, -0.05) is 13.0 Å². The molecule has 2 atom stereocenters. The lowest BCUT2D eigenvalue weighted by Gasteiger charge is -2.13. The maximum absolute atomic E-state index is 11.8. The number of hydrogen-bond donors (Lipinski definition) is 2. The Hall–Kier alpha value is -0.870. The van der Waals surface area contributed by atoms with Crippen molar-refractivity contribution in [2.24, 2.45) is 11.8 Å². The molecule has 0 radical (unpaired) electrons. The normalized spacial score (nSPS) is 24.6. The smallest absolute Gasteiger partial charge is 0.224 e. The highest BCUT2D eigenvalue weighted by atomic mass is 32.1. The van der Waals surface area contributed by atoms with E-state index in [0.717, 1.165) is 26.1 Å². The van der Waals surface area contributed by atoms with Crippen molar-refractivity contribution in [1.82, 2.24) is 10.6 Å². The monoisotopic (exact) mass is 238 g/mol. The van der Waals surface area contributed by atoms with Crippen LogP contribution in [0.15, 0.2) is 17.5 Å². The number of rotatable bonds is 4. The van der Waals surface area contributed by atoms with Gasteiger partial charge < -0.3 is 10.6 Å². The Balaban J connectivity index is 1.71. The molecule has 1 saturated heterocycles. The highest BCUT2D eigenvalue weighted by Crippen LogP contribution is 2.15. The van der Waals surface area contributed by atoms with Crippen LogP contribution in [0.5, 0.6) is 0 Å². The van der Waals surface area contributed by atoms with Crippen molar-refractivity contribution < 1.29 is 4.79 Å². The lowest BCUT2D eigenvalue weighted by Crippen LogP contribution is -2.35. The first-order valence-corrected chi connectivity index (χ1v) is 6.66. The van der Waals surface area contributed by atoms with Gasteiger partial charge in [0.25, 0.3) is 0 Å². The van der Waals surface area contributed by atoms with Gasteiger partial charge in [-0.2, -0.15) is 0 Å². The summed E-state index contributed by atoms with van der Waals surface area (Å²) in [5, 5.41) is 8.34. The lowest BCUT2D eigenvalue weighted by molar-refractivity contribution is -0.125. The van der Waals surface area contributed by atoms with Gasteiger partial charge in [-0.05, 0) is 30.3 Å². The van der Waals surface area contributed by atoms with Crippen molar-refractivity contribution >= 4 is 17.2 Å². The number of nitrogens with one attached hydrogen (secondary N) is 2. The summed E-state index contributed by atoms with van der Waals surface area (Å²) < 4.78 is 0. The van der Waals surface area contributed by atoms with E-state index in [1.54, 1.807) is 11.3 Å². The molecule has 1 aliphatic rings. The van der Waals surface area contributed by atoms with Gasteiger partial charge in [-0.3, -0.25) is 4.79 Å². The van der Waals surface area contributed by atoms with Crippen molar-refractivity contribution in [2.75, 3.05) is 19.6 Å². The van der Waals surface area contributed by atoms with Gasteiger partial charge in [0.15, 0.2) is 0 Å². The molecule has 4 heteroatoms. The summed E-state index contributed by atoms with van der Waals surface area (Å²) in [4.78, 5) is 13.2. The first-order valence-electron chi connectivity index (χ1n) is 5.78. The summed E-state index contributed by atoms with van der Waals surface area (Å²) >= 11 is 1.74. The van der Waals surface area contributed by atoms with Gasteiger partial charge in [0.05, 0.1) is 5.92 Å². The molecule has 1 aromatic rings. The van der Waals surface area contributed by atoms with Gasteiger partial charge in [0.2, 0.25) is 5.91 Å². The summed E-state index contributed by atoms with van der Waals surface area (Å²) in [7, 11) is 0. The number of amides is 1. The van der Waals surface area contributed by atoms with Crippen LogP contribution in [-0.2, 0) is 11.2 Å². The molecule has 88 valence electrons. The molecule has 3 nitrogen and oxygen atoms in total. The molecular formula is C12H18N2OS. The lowest BCUT2D eigenvalue weighted by atomic mass is 9.97. The molecule has 1 fully saturated rings. The van der Waals surface area contributed by atoms with Gasteiger partial charge in [0, 0.05) is 18.0 Å². The highest BCUT2D eigenvalue weighted by Gasteiger charge is 2.28. The quantitative estimate of drug-likeness (QED) is 0.829. The minimum Gasteiger partial charge on any atom is -0.355 e. The van der Waals surface area contributed by atoms with E-state index in [9.17, 15) is 4.79 Å². The largest absolute Gasteiger partial charge is 0.355 e. The zero-order valence-corrected chi connectivity index (χ0v) is 10.3. The third kappa shape index (κ3) is 2.83. The fourth-order valence-corrected chi connectivity index (χ4v) is 2.76. The van der Waals surface area contributed by atoms with Gasteiger partial charge in [-0.25, -0.2) is 0 Å². The molecule has 1 amide bonds. The molecule has 0 bridgehead atoms. The van der Waals surface area contributed by atoms with Crippen LogP contribution >= 0.6 is 11.3 Å². The second kappa shape index (κ2) is 5.46. The maximum Gasteiger partial charge on any atom is 0.224 e. The predicted octanol–water partition coefficient (Wildman–Crippen LogP) is 1.26. The molecule has 2 rings (SSSR count). The van der Waals surface area contributed by atoms with Crippen LogP contribution in [0.1, 0.15) is 11.8 Å². The molecule has 0 aromatic carbocycles. The van der Waals surface area contributed by atoms with Crippen molar-refractivity contribution in [2.45, 2.75) is 13.3 Å². The summed E-state index contributed by atoms with van der Waals surface area (Å²) in [5.74, 6) is 0.819. The summed E-state index contributed by atoms with van der Waals surface area (Å²) in [6.45, 7) is 4.67. The van der Waals surface area contributed by atoms with E-state index < -0.39 is 0 Å². The zero-order valence-electron chi connectivity index (χ0n) is 9.53. The van der Waals surface area contributed by atoms with Crippen LogP contribution in [0.2, 0.25) is 0 Å². The number of hydrogen-bond acceptors (Lipinski definition) is 3. The number of thiophene rings is 1. The Morgan fingerprint density at radius 2 is 2.50 bits per heavy atom. The molecule has 0 unspecified atom stereocenters. The Morgan fingerprint density at radius 3 is 3.12 bits per heavy atom. The van der Waals surface area contributed by atoms with Crippen LogP contribution in [0.3, 0.4) is 0 Å². The summed E-state index contributed by atoms with van der Waals surface area (Å²) in [5.41, 5.74) is 0. The molecule has 1 aromatic heterocycles. The van der Waals surface area contributed by atoms with E-state index in [1.165, 1.54) is 4.88 Å². The van der Waals surface area contributed by atoms with E-state index in [-0.39, 0.29) is 11.8 Å². The molecule has 16 heavy (non-hydrogen) atoms. The molecular weight excluding hydrogens is 220 g/mol.